The maximum atomic E-state index is 12.9. The van der Waals surface area contributed by atoms with Gasteiger partial charge in [-0.15, -0.1) is 0 Å². The average Bonchev–Trinajstić information content (AvgIpc) is 2.54. The molecule has 1 rings (SSSR count). The van der Waals surface area contributed by atoms with Crippen LogP contribution in [0.4, 0.5) is 11.4 Å². The summed E-state index contributed by atoms with van der Waals surface area (Å²) in [6, 6.07) is 2.53. The summed E-state index contributed by atoms with van der Waals surface area (Å²) >= 11 is 0. The van der Waals surface area contributed by atoms with E-state index in [1.165, 1.54) is 13.8 Å². The fourth-order valence-electron chi connectivity index (χ4n) is 2.06. The van der Waals surface area contributed by atoms with Gasteiger partial charge in [0.2, 0.25) is 0 Å². The lowest BCUT2D eigenvalue weighted by atomic mass is 10.1. The SMILES string of the molecule is CCOP(=O)(OCC)C(C)(C)NC(=O)c1cc([N+](=O)[O-])cc([N+](=O)[O-])c1. The van der Waals surface area contributed by atoms with E-state index in [1.807, 2.05) is 0 Å². The molecule has 1 amide bonds. The molecule has 0 aromatic heterocycles. The Labute approximate surface area is 149 Å². The highest BCUT2D eigenvalue weighted by molar-refractivity contribution is 7.55. The topological polar surface area (TPSA) is 151 Å². The van der Waals surface area contributed by atoms with Crippen molar-refractivity contribution in [2.45, 2.75) is 33.0 Å². The average molecular weight is 389 g/mol. The fraction of sp³-hybridized carbons (Fsp3) is 0.500. The van der Waals surface area contributed by atoms with Crippen molar-refractivity contribution in [3.63, 3.8) is 0 Å². The molecule has 0 unspecified atom stereocenters. The number of rotatable bonds is 9. The lowest BCUT2D eigenvalue weighted by molar-refractivity contribution is -0.394. The molecule has 0 fully saturated rings. The molecule has 0 heterocycles. The third kappa shape index (κ3) is 4.84. The summed E-state index contributed by atoms with van der Waals surface area (Å²) in [6.07, 6.45) is 0. The first-order valence-electron chi connectivity index (χ1n) is 7.63. The molecular formula is C14H20N3O8P. The van der Waals surface area contributed by atoms with Crippen molar-refractivity contribution in [1.82, 2.24) is 5.32 Å². The molecule has 1 aromatic carbocycles. The number of carbonyl (C=O) groups excluding carboxylic acids is 1. The van der Waals surface area contributed by atoms with Crippen LogP contribution in [0.3, 0.4) is 0 Å². The maximum absolute atomic E-state index is 12.9. The second-order valence-electron chi connectivity index (χ2n) is 5.60. The van der Waals surface area contributed by atoms with E-state index in [2.05, 4.69) is 5.32 Å². The van der Waals surface area contributed by atoms with Crippen LogP contribution in [0.1, 0.15) is 38.1 Å². The maximum Gasteiger partial charge on any atom is 0.355 e. The van der Waals surface area contributed by atoms with Gasteiger partial charge in [0.1, 0.15) is 5.28 Å². The van der Waals surface area contributed by atoms with Crippen LogP contribution in [0.2, 0.25) is 0 Å². The van der Waals surface area contributed by atoms with E-state index >= 15 is 0 Å². The van der Waals surface area contributed by atoms with Gasteiger partial charge in [-0.3, -0.25) is 29.6 Å². The van der Waals surface area contributed by atoms with Crippen LogP contribution in [0.15, 0.2) is 18.2 Å². The van der Waals surface area contributed by atoms with Crippen molar-refractivity contribution >= 4 is 24.9 Å². The van der Waals surface area contributed by atoms with E-state index in [4.69, 9.17) is 9.05 Å². The number of non-ortho nitro benzene ring substituents is 2. The Morgan fingerprint density at radius 3 is 1.85 bits per heavy atom. The van der Waals surface area contributed by atoms with Crippen molar-refractivity contribution in [2.75, 3.05) is 13.2 Å². The van der Waals surface area contributed by atoms with Crippen molar-refractivity contribution in [1.29, 1.82) is 0 Å². The fourth-order valence-corrected chi connectivity index (χ4v) is 3.69. The van der Waals surface area contributed by atoms with E-state index < -0.39 is 40.0 Å². The largest absolute Gasteiger partial charge is 0.355 e. The first-order chi connectivity index (χ1) is 12.0. The smallest absolute Gasteiger partial charge is 0.336 e. The highest BCUT2D eigenvalue weighted by atomic mass is 31.2. The number of nitrogens with one attached hydrogen (secondary N) is 1. The number of benzene rings is 1. The minimum atomic E-state index is -3.76. The predicted octanol–water partition coefficient (Wildman–Crippen LogP) is 3.24. The molecule has 11 nitrogen and oxygen atoms in total. The van der Waals surface area contributed by atoms with Crippen LogP contribution in [0.5, 0.6) is 0 Å². The van der Waals surface area contributed by atoms with E-state index in [0.717, 1.165) is 18.2 Å². The third-order valence-electron chi connectivity index (χ3n) is 3.29. The van der Waals surface area contributed by atoms with Gasteiger partial charge in [0.15, 0.2) is 0 Å². The summed E-state index contributed by atoms with van der Waals surface area (Å²) in [5, 5.41) is 22.8. The predicted molar refractivity (Wildman–Crippen MR) is 92.2 cm³/mol. The first kappa shape index (κ1) is 21.7. The molecule has 12 heteroatoms. The van der Waals surface area contributed by atoms with Crippen LogP contribution in [-0.4, -0.2) is 34.2 Å². The molecule has 1 aromatic rings. The van der Waals surface area contributed by atoms with Gasteiger partial charge in [0, 0.05) is 12.1 Å². The lowest BCUT2D eigenvalue weighted by Gasteiger charge is -2.33. The van der Waals surface area contributed by atoms with E-state index in [9.17, 15) is 29.6 Å². The van der Waals surface area contributed by atoms with Gasteiger partial charge in [-0.1, -0.05) is 0 Å². The first-order valence-corrected chi connectivity index (χ1v) is 9.17. The van der Waals surface area contributed by atoms with Crippen LogP contribution in [0.25, 0.3) is 0 Å². The van der Waals surface area contributed by atoms with Crippen molar-refractivity contribution in [3.05, 3.63) is 44.0 Å². The van der Waals surface area contributed by atoms with E-state index in [0.29, 0.717) is 0 Å². The lowest BCUT2D eigenvalue weighted by Crippen LogP contribution is -2.44. The molecule has 0 spiro atoms. The Morgan fingerprint density at radius 1 is 1.08 bits per heavy atom. The van der Waals surface area contributed by atoms with Crippen LogP contribution in [0, 0.1) is 20.2 Å². The molecule has 26 heavy (non-hydrogen) atoms. The standard InChI is InChI=1S/C14H20N3O8P/c1-5-24-26(23,25-6-2)14(3,4)15-13(18)10-7-11(16(19)20)9-12(8-10)17(21)22/h7-9H,5-6H2,1-4H3,(H,15,18). The van der Waals surface area contributed by atoms with Gasteiger partial charge in [-0.05, 0) is 27.7 Å². The molecule has 0 aliphatic rings. The van der Waals surface area contributed by atoms with Gasteiger partial charge in [0.05, 0.1) is 34.7 Å². The molecule has 0 bridgehead atoms. The number of hydrogen-bond acceptors (Lipinski definition) is 8. The zero-order chi connectivity index (χ0) is 20.1. The quantitative estimate of drug-likeness (QED) is 0.384. The Morgan fingerprint density at radius 2 is 1.50 bits per heavy atom. The summed E-state index contributed by atoms with van der Waals surface area (Å²) in [5.41, 5.74) is -1.54. The summed E-state index contributed by atoms with van der Waals surface area (Å²) in [4.78, 5) is 32.6. The molecule has 0 aliphatic heterocycles. The molecule has 1 N–H and O–H groups in total. The highest BCUT2D eigenvalue weighted by Crippen LogP contribution is 2.58. The Balaban J connectivity index is 3.25. The second-order valence-corrected chi connectivity index (χ2v) is 8.23. The third-order valence-corrected chi connectivity index (χ3v) is 5.97. The zero-order valence-electron chi connectivity index (χ0n) is 14.8. The minimum Gasteiger partial charge on any atom is -0.336 e. The van der Waals surface area contributed by atoms with Gasteiger partial charge in [-0.25, -0.2) is 0 Å². The van der Waals surface area contributed by atoms with Crippen molar-refractivity contribution in [2.24, 2.45) is 0 Å². The molecular weight excluding hydrogens is 369 g/mol. The van der Waals surface area contributed by atoms with Gasteiger partial charge < -0.3 is 14.4 Å². The highest BCUT2D eigenvalue weighted by Gasteiger charge is 2.44. The molecule has 144 valence electrons. The van der Waals surface area contributed by atoms with Gasteiger partial charge >= 0.3 is 7.60 Å². The van der Waals surface area contributed by atoms with E-state index in [-0.39, 0.29) is 18.8 Å². The normalized spacial score (nSPS) is 11.8. The summed E-state index contributed by atoms with van der Waals surface area (Å²) < 4.78 is 23.3. The molecule has 0 aliphatic carbocycles. The minimum absolute atomic E-state index is 0.0683. The molecule has 0 radical (unpaired) electrons. The molecule has 0 saturated carbocycles. The number of nitro groups is 2. The van der Waals surface area contributed by atoms with Crippen LogP contribution < -0.4 is 5.32 Å². The van der Waals surface area contributed by atoms with E-state index in [1.54, 1.807) is 13.8 Å². The van der Waals surface area contributed by atoms with Crippen molar-refractivity contribution in [3.8, 4) is 0 Å². The zero-order valence-corrected chi connectivity index (χ0v) is 15.6. The Bertz CT molecular complexity index is 722. The number of hydrogen-bond donors (Lipinski definition) is 1. The number of nitrogens with zero attached hydrogens (tertiary/aromatic N) is 2. The number of nitro benzene ring substituents is 2. The monoisotopic (exact) mass is 389 g/mol. The van der Waals surface area contributed by atoms with Gasteiger partial charge in [-0.2, -0.15) is 0 Å². The molecule has 0 saturated heterocycles. The number of carbonyl (C=O) groups is 1. The molecule has 0 atom stereocenters. The summed E-state index contributed by atoms with van der Waals surface area (Å²) in [6.45, 7) is 6.16. The van der Waals surface area contributed by atoms with Crippen LogP contribution >= 0.6 is 7.60 Å². The number of amides is 1. The summed E-state index contributed by atoms with van der Waals surface area (Å²) in [5.74, 6) is -0.888. The second kappa shape index (κ2) is 8.35. The Kier molecular flexibility index (Phi) is 6.96. The van der Waals surface area contributed by atoms with Gasteiger partial charge in [0.25, 0.3) is 17.3 Å². The summed E-state index contributed by atoms with van der Waals surface area (Å²) in [7, 11) is -3.76. The van der Waals surface area contributed by atoms with Crippen LogP contribution in [-0.2, 0) is 13.6 Å². The van der Waals surface area contributed by atoms with Crippen molar-refractivity contribution < 1.29 is 28.3 Å². The Hall–Kier alpha value is -2.36.